The van der Waals surface area contributed by atoms with E-state index < -0.39 is 10.0 Å². The molecule has 1 aromatic heterocycles. The van der Waals surface area contributed by atoms with Crippen LogP contribution in [0, 0.1) is 6.92 Å². The maximum atomic E-state index is 13.5. The molecule has 0 aliphatic carbocycles. The summed E-state index contributed by atoms with van der Waals surface area (Å²) in [6, 6.07) is 11.5. The van der Waals surface area contributed by atoms with Crippen LogP contribution < -0.4 is 4.90 Å². The van der Waals surface area contributed by atoms with E-state index in [2.05, 4.69) is 32.6 Å². The topological polar surface area (TPSA) is 53.5 Å². The molecule has 2 aromatic rings. The Kier molecular flexibility index (Phi) is 6.64. The predicted molar refractivity (Wildman–Crippen MR) is 119 cm³/mol. The van der Waals surface area contributed by atoms with Crippen LogP contribution in [0.4, 0.5) is 5.82 Å². The molecular formula is C23H33N3O2S. The van der Waals surface area contributed by atoms with E-state index >= 15 is 0 Å². The highest BCUT2D eigenvalue weighted by molar-refractivity contribution is 7.89. The molecule has 0 spiro atoms. The molecule has 1 aromatic carbocycles. The molecule has 1 fully saturated rings. The molecule has 0 bridgehead atoms. The molecule has 0 amide bonds. The lowest BCUT2D eigenvalue weighted by Crippen LogP contribution is -2.42. The monoisotopic (exact) mass is 415 g/mol. The van der Waals surface area contributed by atoms with Gasteiger partial charge in [-0.3, -0.25) is 0 Å². The minimum absolute atomic E-state index is 0.196. The van der Waals surface area contributed by atoms with Crippen LogP contribution in [0.15, 0.2) is 47.5 Å². The van der Waals surface area contributed by atoms with Crippen molar-refractivity contribution in [3.8, 4) is 0 Å². The number of sulfonamides is 1. The second kappa shape index (κ2) is 8.84. The van der Waals surface area contributed by atoms with Gasteiger partial charge in [-0.15, -0.1) is 0 Å². The predicted octanol–water partition coefficient (Wildman–Crippen LogP) is 4.93. The van der Waals surface area contributed by atoms with Gasteiger partial charge < -0.3 is 4.90 Å². The summed E-state index contributed by atoms with van der Waals surface area (Å²) in [6.45, 7) is 11.1. The normalized spacial score (nSPS) is 18.4. The summed E-state index contributed by atoms with van der Waals surface area (Å²) in [5.41, 5.74) is 2.06. The van der Waals surface area contributed by atoms with E-state index in [0.717, 1.165) is 36.2 Å². The largest absolute Gasteiger partial charge is 0.351 e. The van der Waals surface area contributed by atoms with Crippen LogP contribution in [-0.2, 0) is 10.0 Å². The van der Waals surface area contributed by atoms with Crippen molar-refractivity contribution in [2.45, 2.75) is 76.9 Å². The van der Waals surface area contributed by atoms with Crippen molar-refractivity contribution in [3.63, 3.8) is 0 Å². The molecule has 29 heavy (non-hydrogen) atoms. The lowest BCUT2D eigenvalue weighted by Gasteiger charge is -2.39. The third-order valence-corrected chi connectivity index (χ3v) is 7.54. The summed E-state index contributed by atoms with van der Waals surface area (Å²) in [5.74, 6) is 0.897. The first kappa shape index (κ1) is 21.8. The van der Waals surface area contributed by atoms with Gasteiger partial charge in [0, 0.05) is 30.4 Å². The van der Waals surface area contributed by atoms with E-state index in [0.29, 0.717) is 11.4 Å². The van der Waals surface area contributed by atoms with Crippen molar-refractivity contribution < 1.29 is 8.42 Å². The Bertz CT molecular complexity index is 915. The van der Waals surface area contributed by atoms with Crippen molar-refractivity contribution in [2.24, 2.45) is 0 Å². The Labute approximate surface area is 175 Å². The maximum absolute atomic E-state index is 13.5. The number of anilines is 1. The van der Waals surface area contributed by atoms with E-state index in [9.17, 15) is 8.42 Å². The lowest BCUT2D eigenvalue weighted by molar-refractivity contribution is 0.255. The highest BCUT2D eigenvalue weighted by Crippen LogP contribution is 2.39. The van der Waals surface area contributed by atoms with Crippen molar-refractivity contribution in [1.82, 2.24) is 9.29 Å². The number of benzene rings is 1. The first-order chi connectivity index (χ1) is 13.7. The zero-order chi connectivity index (χ0) is 21.2. The van der Waals surface area contributed by atoms with Crippen LogP contribution in [-0.4, -0.2) is 36.3 Å². The number of hydrogen-bond acceptors (Lipinski definition) is 4. The average molecular weight is 416 g/mol. The zero-order valence-corrected chi connectivity index (χ0v) is 19.0. The Balaban J connectivity index is 2.06. The highest BCUT2D eigenvalue weighted by atomic mass is 32.2. The first-order valence-corrected chi connectivity index (χ1v) is 12.0. The van der Waals surface area contributed by atoms with E-state index in [1.54, 1.807) is 22.6 Å². The molecule has 1 aliphatic heterocycles. The fraction of sp³-hybridized carbons (Fsp3) is 0.522. The van der Waals surface area contributed by atoms with E-state index in [1.165, 1.54) is 0 Å². The molecule has 1 atom stereocenters. The van der Waals surface area contributed by atoms with Gasteiger partial charge in [0.15, 0.2) is 0 Å². The van der Waals surface area contributed by atoms with Gasteiger partial charge in [-0.25, -0.2) is 13.4 Å². The number of aryl methyl sites for hydroxylation is 1. The van der Waals surface area contributed by atoms with Crippen molar-refractivity contribution in [1.29, 1.82) is 0 Å². The summed E-state index contributed by atoms with van der Waals surface area (Å²) >= 11 is 0. The second-order valence-electron chi connectivity index (χ2n) is 8.45. The van der Waals surface area contributed by atoms with Gasteiger partial charge in [-0.2, -0.15) is 4.31 Å². The standard InChI is InChI=1S/C23H33N3O2S/c1-17(2)26(18(3)4)23-21(9-8-15-24-23)22-10-6-7-16-25(22)29(27,28)20-13-11-19(5)12-14-20/h8-9,11-15,17-18,22H,6-7,10,16H2,1-5H3/t22-/m0/s1. The molecular weight excluding hydrogens is 382 g/mol. The Morgan fingerprint density at radius 3 is 2.31 bits per heavy atom. The second-order valence-corrected chi connectivity index (χ2v) is 10.3. The fourth-order valence-corrected chi connectivity index (χ4v) is 5.99. The molecule has 6 heteroatoms. The third-order valence-electron chi connectivity index (χ3n) is 5.61. The summed E-state index contributed by atoms with van der Waals surface area (Å²) in [5, 5.41) is 0. The first-order valence-electron chi connectivity index (χ1n) is 10.5. The van der Waals surface area contributed by atoms with Crippen LogP contribution >= 0.6 is 0 Å². The maximum Gasteiger partial charge on any atom is 0.243 e. The summed E-state index contributed by atoms with van der Waals surface area (Å²) in [6.07, 6.45) is 4.52. The van der Waals surface area contributed by atoms with Gasteiger partial charge in [-0.05, 0) is 65.7 Å². The quantitative estimate of drug-likeness (QED) is 0.671. The van der Waals surface area contributed by atoms with Crippen molar-refractivity contribution in [2.75, 3.05) is 11.4 Å². The minimum Gasteiger partial charge on any atom is -0.351 e. The lowest BCUT2D eigenvalue weighted by atomic mass is 9.97. The zero-order valence-electron chi connectivity index (χ0n) is 18.2. The molecule has 2 heterocycles. The molecule has 158 valence electrons. The molecule has 0 radical (unpaired) electrons. The smallest absolute Gasteiger partial charge is 0.243 e. The molecule has 3 rings (SSSR count). The molecule has 0 N–H and O–H groups in total. The fourth-order valence-electron chi connectivity index (χ4n) is 4.32. The molecule has 0 saturated carbocycles. The number of aromatic nitrogens is 1. The van der Waals surface area contributed by atoms with Crippen LogP contribution in [0.5, 0.6) is 0 Å². The van der Waals surface area contributed by atoms with Crippen molar-refractivity contribution in [3.05, 3.63) is 53.7 Å². The molecule has 1 aliphatic rings. The number of pyridine rings is 1. The summed E-state index contributed by atoms with van der Waals surface area (Å²) < 4.78 is 28.7. The van der Waals surface area contributed by atoms with Crippen LogP contribution in [0.1, 0.15) is 64.1 Å². The Hall–Kier alpha value is -1.92. The third kappa shape index (κ3) is 4.48. The van der Waals surface area contributed by atoms with E-state index in [-0.39, 0.29) is 18.1 Å². The Morgan fingerprint density at radius 2 is 1.69 bits per heavy atom. The van der Waals surface area contributed by atoms with Gasteiger partial charge in [0.2, 0.25) is 10.0 Å². The van der Waals surface area contributed by atoms with Crippen LogP contribution in [0.3, 0.4) is 0 Å². The highest BCUT2D eigenvalue weighted by Gasteiger charge is 2.36. The van der Waals surface area contributed by atoms with Gasteiger partial charge in [0.05, 0.1) is 10.9 Å². The van der Waals surface area contributed by atoms with Crippen LogP contribution in [0.25, 0.3) is 0 Å². The van der Waals surface area contributed by atoms with Crippen LogP contribution in [0.2, 0.25) is 0 Å². The van der Waals surface area contributed by atoms with Gasteiger partial charge >= 0.3 is 0 Å². The number of nitrogens with zero attached hydrogens (tertiary/aromatic N) is 3. The van der Waals surface area contributed by atoms with Crippen molar-refractivity contribution >= 4 is 15.8 Å². The van der Waals surface area contributed by atoms with E-state index in [4.69, 9.17) is 4.98 Å². The molecule has 1 saturated heterocycles. The Morgan fingerprint density at radius 1 is 1.03 bits per heavy atom. The molecule has 5 nitrogen and oxygen atoms in total. The summed E-state index contributed by atoms with van der Waals surface area (Å²) in [7, 11) is -3.57. The summed E-state index contributed by atoms with van der Waals surface area (Å²) in [4.78, 5) is 7.35. The number of piperidine rings is 1. The number of rotatable bonds is 6. The van der Waals surface area contributed by atoms with Gasteiger partial charge in [0.25, 0.3) is 0 Å². The minimum atomic E-state index is -3.57. The molecule has 0 unspecified atom stereocenters. The van der Waals surface area contributed by atoms with Gasteiger partial charge in [-0.1, -0.05) is 30.2 Å². The van der Waals surface area contributed by atoms with Gasteiger partial charge in [0.1, 0.15) is 5.82 Å². The average Bonchev–Trinajstić information content (AvgIpc) is 2.68. The number of hydrogen-bond donors (Lipinski definition) is 0. The van der Waals surface area contributed by atoms with E-state index in [1.807, 2.05) is 31.2 Å². The SMILES string of the molecule is Cc1ccc(S(=O)(=O)N2CCCC[C@H]2c2cccnc2N(C(C)C)C(C)C)cc1.